The van der Waals surface area contributed by atoms with Crippen molar-refractivity contribution >= 4 is 11.9 Å². The maximum absolute atomic E-state index is 10.6. The fourth-order valence-corrected chi connectivity index (χ4v) is 2.40. The number of aromatic nitrogens is 2. The molecule has 0 aliphatic carbocycles. The first-order valence-corrected chi connectivity index (χ1v) is 6.94. The van der Waals surface area contributed by atoms with Gasteiger partial charge in [-0.25, -0.2) is 0 Å². The number of nitrogens with zero attached hydrogens (tertiary/aromatic N) is 3. The van der Waals surface area contributed by atoms with Crippen molar-refractivity contribution in [2.45, 2.75) is 45.4 Å². The molecule has 19 heavy (non-hydrogen) atoms. The van der Waals surface area contributed by atoms with Gasteiger partial charge in [0.2, 0.25) is 5.89 Å². The van der Waals surface area contributed by atoms with Gasteiger partial charge in [-0.05, 0) is 23.9 Å². The molecule has 0 aromatic carbocycles. The third-order valence-corrected chi connectivity index (χ3v) is 3.39. The molecule has 1 N–H and O–H groups in total. The van der Waals surface area contributed by atoms with Crippen LogP contribution in [0.3, 0.4) is 0 Å². The van der Waals surface area contributed by atoms with Gasteiger partial charge in [-0.2, -0.15) is 4.98 Å². The summed E-state index contributed by atoms with van der Waals surface area (Å²) in [4.78, 5) is 17.1. The molecule has 1 fully saturated rings. The fourth-order valence-electron chi connectivity index (χ4n) is 2.40. The SMILES string of the molecule is CC(CC(=O)O)Cc1nc(N2CCCCCC2)no1. The summed E-state index contributed by atoms with van der Waals surface area (Å²) in [7, 11) is 0. The molecule has 1 saturated heterocycles. The molecule has 0 saturated carbocycles. The molecule has 1 aliphatic rings. The maximum atomic E-state index is 10.6. The molecule has 1 aromatic heterocycles. The summed E-state index contributed by atoms with van der Waals surface area (Å²) in [6.07, 6.45) is 5.50. The lowest BCUT2D eigenvalue weighted by Crippen LogP contribution is -2.25. The molecule has 1 aliphatic heterocycles. The van der Waals surface area contributed by atoms with E-state index >= 15 is 0 Å². The summed E-state index contributed by atoms with van der Waals surface area (Å²) < 4.78 is 5.22. The number of hydrogen-bond acceptors (Lipinski definition) is 5. The zero-order valence-corrected chi connectivity index (χ0v) is 11.3. The minimum absolute atomic E-state index is 0.00920. The topological polar surface area (TPSA) is 79.5 Å². The number of anilines is 1. The lowest BCUT2D eigenvalue weighted by atomic mass is 10.0. The van der Waals surface area contributed by atoms with E-state index in [1.807, 2.05) is 6.92 Å². The van der Waals surface area contributed by atoms with Crippen molar-refractivity contribution in [1.29, 1.82) is 0 Å². The maximum Gasteiger partial charge on any atom is 0.303 e. The van der Waals surface area contributed by atoms with Crippen molar-refractivity contribution in [2.75, 3.05) is 18.0 Å². The third kappa shape index (κ3) is 4.22. The first-order valence-electron chi connectivity index (χ1n) is 6.94. The Morgan fingerprint density at radius 2 is 2.05 bits per heavy atom. The van der Waals surface area contributed by atoms with E-state index in [4.69, 9.17) is 9.63 Å². The van der Waals surface area contributed by atoms with Crippen LogP contribution in [-0.4, -0.2) is 34.3 Å². The zero-order chi connectivity index (χ0) is 13.7. The van der Waals surface area contributed by atoms with Crippen LogP contribution in [0.4, 0.5) is 5.95 Å². The summed E-state index contributed by atoms with van der Waals surface area (Å²) in [6, 6.07) is 0. The van der Waals surface area contributed by atoms with Gasteiger partial charge in [-0.3, -0.25) is 4.79 Å². The standard InChI is InChI=1S/C13H21N3O3/c1-10(9-12(17)18)8-11-14-13(15-19-11)16-6-4-2-3-5-7-16/h10H,2-9H2,1H3,(H,17,18). The molecule has 1 aromatic rings. The number of hydrogen-bond donors (Lipinski definition) is 1. The van der Waals surface area contributed by atoms with Crippen LogP contribution in [0.15, 0.2) is 4.52 Å². The minimum atomic E-state index is -0.792. The Balaban J connectivity index is 1.92. The van der Waals surface area contributed by atoms with Crippen LogP contribution in [0, 0.1) is 5.92 Å². The van der Waals surface area contributed by atoms with E-state index in [1.54, 1.807) is 0 Å². The van der Waals surface area contributed by atoms with Crippen molar-refractivity contribution in [2.24, 2.45) is 5.92 Å². The van der Waals surface area contributed by atoms with Gasteiger partial charge in [0.25, 0.3) is 5.95 Å². The quantitative estimate of drug-likeness (QED) is 0.880. The molecule has 0 bridgehead atoms. The molecule has 0 spiro atoms. The Bertz CT molecular complexity index is 411. The van der Waals surface area contributed by atoms with Gasteiger partial charge in [0.05, 0.1) is 0 Å². The number of aliphatic carboxylic acids is 1. The number of carbonyl (C=O) groups is 1. The smallest absolute Gasteiger partial charge is 0.303 e. The molecule has 106 valence electrons. The Morgan fingerprint density at radius 1 is 1.37 bits per heavy atom. The highest BCUT2D eigenvalue weighted by molar-refractivity contribution is 5.66. The molecule has 1 atom stereocenters. The van der Waals surface area contributed by atoms with E-state index in [1.165, 1.54) is 25.7 Å². The summed E-state index contributed by atoms with van der Waals surface area (Å²) in [5.74, 6) is 0.405. The van der Waals surface area contributed by atoms with Crippen molar-refractivity contribution in [3.05, 3.63) is 5.89 Å². The second kappa shape index (κ2) is 6.54. The lowest BCUT2D eigenvalue weighted by Gasteiger charge is -2.16. The number of rotatable bonds is 5. The first-order chi connectivity index (χ1) is 9.15. The molecular weight excluding hydrogens is 246 g/mol. The number of carboxylic acid groups (broad SMARTS) is 1. The molecule has 2 heterocycles. The van der Waals surface area contributed by atoms with E-state index in [0.29, 0.717) is 18.3 Å². The highest BCUT2D eigenvalue weighted by atomic mass is 16.5. The van der Waals surface area contributed by atoms with E-state index in [9.17, 15) is 4.79 Å². The monoisotopic (exact) mass is 267 g/mol. The van der Waals surface area contributed by atoms with Crippen LogP contribution in [0.5, 0.6) is 0 Å². The Labute approximate surface area is 112 Å². The van der Waals surface area contributed by atoms with Gasteiger partial charge in [0, 0.05) is 25.9 Å². The highest BCUT2D eigenvalue weighted by Gasteiger charge is 2.18. The molecule has 6 nitrogen and oxygen atoms in total. The Hall–Kier alpha value is -1.59. The fraction of sp³-hybridized carbons (Fsp3) is 0.769. The van der Waals surface area contributed by atoms with Crippen LogP contribution >= 0.6 is 0 Å². The Kier molecular flexibility index (Phi) is 4.76. The Morgan fingerprint density at radius 3 is 2.68 bits per heavy atom. The van der Waals surface area contributed by atoms with Crippen LogP contribution in [0.2, 0.25) is 0 Å². The van der Waals surface area contributed by atoms with Crippen molar-refractivity contribution in [3.8, 4) is 0 Å². The third-order valence-electron chi connectivity index (χ3n) is 3.39. The van der Waals surface area contributed by atoms with E-state index in [2.05, 4.69) is 15.0 Å². The van der Waals surface area contributed by atoms with Crippen LogP contribution < -0.4 is 4.90 Å². The summed E-state index contributed by atoms with van der Waals surface area (Å²) in [6.45, 7) is 3.83. The summed E-state index contributed by atoms with van der Waals surface area (Å²) in [5, 5.41) is 12.7. The molecular formula is C13H21N3O3. The van der Waals surface area contributed by atoms with E-state index in [0.717, 1.165) is 13.1 Å². The lowest BCUT2D eigenvalue weighted by molar-refractivity contribution is -0.137. The average molecular weight is 267 g/mol. The van der Waals surface area contributed by atoms with Crippen LogP contribution in [0.25, 0.3) is 0 Å². The first kappa shape index (κ1) is 13.8. The zero-order valence-electron chi connectivity index (χ0n) is 11.3. The largest absolute Gasteiger partial charge is 0.481 e. The van der Waals surface area contributed by atoms with Crippen molar-refractivity contribution in [3.63, 3.8) is 0 Å². The summed E-state index contributed by atoms with van der Waals surface area (Å²) in [5.41, 5.74) is 0. The van der Waals surface area contributed by atoms with Gasteiger partial charge in [0.1, 0.15) is 0 Å². The predicted octanol–water partition coefficient (Wildman–Crippen LogP) is 2.10. The molecule has 0 radical (unpaired) electrons. The van der Waals surface area contributed by atoms with Gasteiger partial charge in [-0.15, -0.1) is 0 Å². The van der Waals surface area contributed by atoms with E-state index in [-0.39, 0.29) is 12.3 Å². The normalized spacial score (nSPS) is 18.1. The van der Waals surface area contributed by atoms with E-state index < -0.39 is 5.97 Å². The number of carboxylic acids is 1. The van der Waals surface area contributed by atoms with Crippen LogP contribution in [0.1, 0.15) is 44.9 Å². The van der Waals surface area contributed by atoms with Gasteiger partial charge < -0.3 is 14.5 Å². The molecule has 6 heteroatoms. The van der Waals surface area contributed by atoms with Gasteiger partial charge >= 0.3 is 5.97 Å². The minimum Gasteiger partial charge on any atom is -0.481 e. The highest BCUT2D eigenvalue weighted by Crippen LogP contribution is 2.18. The second-order valence-corrected chi connectivity index (χ2v) is 5.30. The van der Waals surface area contributed by atoms with Crippen LogP contribution in [-0.2, 0) is 11.2 Å². The molecule has 1 unspecified atom stereocenters. The average Bonchev–Trinajstić information content (AvgIpc) is 2.63. The predicted molar refractivity (Wildman–Crippen MR) is 70.1 cm³/mol. The van der Waals surface area contributed by atoms with Crippen molar-refractivity contribution in [1.82, 2.24) is 10.1 Å². The molecule has 0 amide bonds. The summed E-state index contributed by atoms with van der Waals surface area (Å²) >= 11 is 0. The second-order valence-electron chi connectivity index (χ2n) is 5.30. The van der Waals surface area contributed by atoms with Gasteiger partial charge in [0.15, 0.2) is 0 Å². The molecule has 2 rings (SSSR count). The van der Waals surface area contributed by atoms with Crippen molar-refractivity contribution < 1.29 is 14.4 Å². The van der Waals surface area contributed by atoms with Gasteiger partial charge in [-0.1, -0.05) is 19.8 Å².